The highest BCUT2D eigenvalue weighted by atomic mass is 19.1. The van der Waals surface area contributed by atoms with Crippen LogP contribution in [0.1, 0.15) is 38.2 Å². The Balaban J connectivity index is 2.43. The molecule has 1 unspecified atom stereocenters. The molecule has 0 aliphatic carbocycles. The molecule has 16 heavy (non-hydrogen) atoms. The summed E-state index contributed by atoms with van der Waals surface area (Å²) in [5.74, 6) is -0.138. The molecule has 0 amide bonds. The fourth-order valence-electron chi connectivity index (χ4n) is 1.94. The summed E-state index contributed by atoms with van der Waals surface area (Å²) in [6, 6.07) is 7.36. The molecule has 1 N–H and O–H groups in total. The zero-order chi connectivity index (χ0) is 11.8. The van der Waals surface area contributed by atoms with E-state index in [-0.39, 0.29) is 5.82 Å². The highest BCUT2D eigenvalue weighted by Gasteiger charge is 2.07. The highest BCUT2D eigenvalue weighted by molar-refractivity contribution is 5.17. The molecule has 0 saturated heterocycles. The second-order valence-corrected chi connectivity index (χ2v) is 4.32. The van der Waals surface area contributed by atoms with Gasteiger partial charge < -0.3 is 5.32 Å². The molecule has 0 bridgehead atoms. The predicted octanol–water partition coefficient (Wildman–Crippen LogP) is 3.54. The summed E-state index contributed by atoms with van der Waals surface area (Å²) in [4.78, 5) is 0. The first kappa shape index (κ1) is 13.2. The van der Waals surface area contributed by atoms with Crippen LogP contribution in [0.4, 0.5) is 4.39 Å². The fourth-order valence-corrected chi connectivity index (χ4v) is 1.94. The van der Waals surface area contributed by atoms with Gasteiger partial charge >= 0.3 is 0 Å². The topological polar surface area (TPSA) is 12.0 Å². The average molecular weight is 223 g/mol. The Morgan fingerprint density at radius 2 is 2.12 bits per heavy atom. The number of halogens is 1. The molecular weight excluding hydrogens is 201 g/mol. The molecule has 0 aliphatic heterocycles. The summed E-state index contributed by atoms with van der Waals surface area (Å²) in [7, 11) is 1.98. The first-order chi connectivity index (χ1) is 7.76. The minimum absolute atomic E-state index is 0.138. The second-order valence-electron chi connectivity index (χ2n) is 4.32. The van der Waals surface area contributed by atoms with Crippen molar-refractivity contribution in [1.29, 1.82) is 0 Å². The molecule has 0 spiro atoms. The van der Waals surface area contributed by atoms with Crippen molar-refractivity contribution in [1.82, 2.24) is 5.32 Å². The average Bonchev–Trinajstić information content (AvgIpc) is 2.28. The first-order valence-corrected chi connectivity index (χ1v) is 6.18. The Hall–Kier alpha value is -0.890. The van der Waals surface area contributed by atoms with Gasteiger partial charge in [-0.1, -0.05) is 38.3 Å². The van der Waals surface area contributed by atoms with Crippen LogP contribution in [0.2, 0.25) is 0 Å². The maximum Gasteiger partial charge on any atom is 0.123 e. The van der Waals surface area contributed by atoms with Gasteiger partial charge in [0.15, 0.2) is 0 Å². The quantitative estimate of drug-likeness (QED) is 0.697. The van der Waals surface area contributed by atoms with Crippen LogP contribution in [0.25, 0.3) is 0 Å². The van der Waals surface area contributed by atoms with Gasteiger partial charge in [0.05, 0.1) is 0 Å². The zero-order valence-corrected chi connectivity index (χ0v) is 10.3. The SMILES string of the molecule is CCCCCC(Cc1cccc(F)c1)NC. The fraction of sp³-hybridized carbons (Fsp3) is 0.571. The predicted molar refractivity (Wildman–Crippen MR) is 67.1 cm³/mol. The normalized spacial score (nSPS) is 12.7. The second kappa shape index (κ2) is 7.39. The van der Waals surface area contributed by atoms with Crippen LogP contribution in [-0.2, 0) is 6.42 Å². The molecule has 90 valence electrons. The molecule has 0 heterocycles. The Morgan fingerprint density at radius 3 is 2.75 bits per heavy atom. The standard InChI is InChI=1S/C14H22FN/c1-3-4-5-9-14(16-2)11-12-7-6-8-13(15)10-12/h6-8,10,14,16H,3-5,9,11H2,1-2H3. The van der Waals surface area contributed by atoms with Crippen LogP contribution in [0.5, 0.6) is 0 Å². The van der Waals surface area contributed by atoms with Crippen molar-refractivity contribution in [3.63, 3.8) is 0 Å². The largest absolute Gasteiger partial charge is 0.317 e. The van der Waals surface area contributed by atoms with Crippen LogP contribution >= 0.6 is 0 Å². The van der Waals surface area contributed by atoms with E-state index in [2.05, 4.69) is 12.2 Å². The van der Waals surface area contributed by atoms with Crippen LogP contribution in [0, 0.1) is 5.82 Å². The van der Waals surface area contributed by atoms with Crippen LogP contribution in [0.15, 0.2) is 24.3 Å². The van der Waals surface area contributed by atoms with Gasteiger partial charge in [-0.2, -0.15) is 0 Å². The Kier molecular flexibility index (Phi) is 6.09. The summed E-state index contributed by atoms with van der Waals surface area (Å²) in [6.45, 7) is 2.21. The monoisotopic (exact) mass is 223 g/mol. The Morgan fingerprint density at radius 1 is 1.31 bits per heavy atom. The van der Waals surface area contributed by atoms with Crippen molar-refractivity contribution in [2.24, 2.45) is 0 Å². The van der Waals surface area contributed by atoms with Gasteiger partial charge in [-0.3, -0.25) is 0 Å². The van der Waals surface area contributed by atoms with E-state index < -0.39 is 0 Å². The molecule has 0 radical (unpaired) electrons. The lowest BCUT2D eigenvalue weighted by atomic mass is 10.0. The molecular formula is C14H22FN. The summed E-state index contributed by atoms with van der Waals surface area (Å²) in [6.07, 6.45) is 5.86. The molecule has 0 aliphatic rings. The molecule has 1 atom stereocenters. The van der Waals surface area contributed by atoms with Gasteiger partial charge in [-0.15, -0.1) is 0 Å². The van der Waals surface area contributed by atoms with Gasteiger partial charge in [0.1, 0.15) is 5.82 Å². The maximum atomic E-state index is 13.0. The summed E-state index contributed by atoms with van der Waals surface area (Å²) >= 11 is 0. The smallest absolute Gasteiger partial charge is 0.123 e. The molecule has 1 aromatic carbocycles. The van der Waals surface area contributed by atoms with E-state index in [0.717, 1.165) is 12.0 Å². The van der Waals surface area contributed by atoms with Crippen LogP contribution in [0.3, 0.4) is 0 Å². The number of benzene rings is 1. The molecule has 1 nitrogen and oxygen atoms in total. The molecule has 2 heteroatoms. The number of hydrogen-bond acceptors (Lipinski definition) is 1. The molecule has 0 aromatic heterocycles. The van der Waals surface area contributed by atoms with Gasteiger partial charge in [0.25, 0.3) is 0 Å². The lowest BCUT2D eigenvalue weighted by Crippen LogP contribution is -2.27. The first-order valence-electron chi connectivity index (χ1n) is 6.18. The summed E-state index contributed by atoms with van der Waals surface area (Å²) < 4.78 is 13.0. The van der Waals surface area contributed by atoms with Crippen LogP contribution < -0.4 is 5.32 Å². The van der Waals surface area contributed by atoms with Gasteiger partial charge in [-0.05, 0) is 37.6 Å². The van der Waals surface area contributed by atoms with Crippen molar-refractivity contribution >= 4 is 0 Å². The molecule has 0 saturated carbocycles. The van der Waals surface area contributed by atoms with Crippen molar-refractivity contribution in [2.75, 3.05) is 7.05 Å². The molecule has 1 aromatic rings. The number of rotatable bonds is 7. The lowest BCUT2D eigenvalue weighted by molar-refractivity contribution is 0.489. The number of likely N-dealkylation sites (N-methyl/N-ethyl adjacent to an activating group) is 1. The van der Waals surface area contributed by atoms with Crippen molar-refractivity contribution in [3.8, 4) is 0 Å². The number of hydrogen-bond donors (Lipinski definition) is 1. The van der Waals surface area contributed by atoms with Gasteiger partial charge in [0, 0.05) is 6.04 Å². The van der Waals surface area contributed by atoms with Crippen molar-refractivity contribution < 1.29 is 4.39 Å². The number of nitrogens with one attached hydrogen (secondary N) is 1. The van der Waals surface area contributed by atoms with Crippen LogP contribution in [-0.4, -0.2) is 13.1 Å². The van der Waals surface area contributed by atoms with E-state index >= 15 is 0 Å². The highest BCUT2D eigenvalue weighted by Crippen LogP contribution is 2.11. The molecule has 0 fully saturated rings. The third-order valence-corrected chi connectivity index (χ3v) is 2.94. The van der Waals surface area contributed by atoms with E-state index in [1.807, 2.05) is 13.1 Å². The summed E-state index contributed by atoms with van der Waals surface area (Å²) in [5.41, 5.74) is 1.08. The minimum atomic E-state index is -0.138. The van der Waals surface area contributed by atoms with Gasteiger partial charge in [0.2, 0.25) is 0 Å². The van der Waals surface area contributed by atoms with E-state index in [0.29, 0.717) is 6.04 Å². The Bertz CT molecular complexity index is 299. The van der Waals surface area contributed by atoms with Crippen molar-refractivity contribution in [3.05, 3.63) is 35.6 Å². The van der Waals surface area contributed by atoms with E-state index in [1.165, 1.54) is 31.7 Å². The zero-order valence-electron chi connectivity index (χ0n) is 10.3. The Labute approximate surface area is 98.1 Å². The maximum absolute atomic E-state index is 13.0. The summed E-state index contributed by atoms with van der Waals surface area (Å²) in [5, 5.41) is 3.31. The van der Waals surface area contributed by atoms with E-state index in [1.54, 1.807) is 12.1 Å². The third kappa shape index (κ3) is 4.75. The van der Waals surface area contributed by atoms with Gasteiger partial charge in [-0.25, -0.2) is 4.39 Å². The van der Waals surface area contributed by atoms with E-state index in [9.17, 15) is 4.39 Å². The number of unbranched alkanes of at least 4 members (excludes halogenated alkanes) is 2. The lowest BCUT2D eigenvalue weighted by Gasteiger charge is -2.16. The third-order valence-electron chi connectivity index (χ3n) is 2.94. The minimum Gasteiger partial charge on any atom is -0.317 e. The van der Waals surface area contributed by atoms with Crippen molar-refractivity contribution in [2.45, 2.75) is 45.1 Å². The molecule has 1 rings (SSSR count). The van der Waals surface area contributed by atoms with E-state index in [4.69, 9.17) is 0 Å².